The molecule has 0 aliphatic carbocycles. The molecule has 0 saturated carbocycles. The van der Waals surface area contributed by atoms with Gasteiger partial charge in [-0.2, -0.15) is 13.2 Å². The number of rotatable bonds is 4. The molecule has 2 aromatic carbocycles. The Labute approximate surface area is 134 Å². The van der Waals surface area contributed by atoms with Gasteiger partial charge in [0.2, 0.25) is 0 Å². The Morgan fingerprint density at radius 3 is 2.21 bits per heavy atom. The third-order valence-corrected chi connectivity index (χ3v) is 3.07. The highest BCUT2D eigenvalue weighted by atomic mass is 19.4. The average Bonchev–Trinajstić information content (AvgIpc) is 2.53. The SMILES string of the molecule is O=C(NCc1ccccc1NC(=O)C(F)(F)F)c1ccc(F)cc1. The van der Waals surface area contributed by atoms with Crippen LogP contribution in [0, 0.1) is 5.82 Å². The van der Waals surface area contributed by atoms with Gasteiger partial charge in [-0.15, -0.1) is 0 Å². The topological polar surface area (TPSA) is 58.2 Å². The maximum absolute atomic E-state index is 12.8. The van der Waals surface area contributed by atoms with Crippen LogP contribution < -0.4 is 10.6 Å². The summed E-state index contributed by atoms with van der Waals surface area (Å²) in [6.45, 7) is -0.107. The second-order valence-corrected chi connectivity index (χ2v) is 4.80. The molecule has 0 heterocycles. The van der Waals surface area contributed by atoms with Crippen molar-refractivity contribution in [3.8, 4) is 0 Å². The van der Waals surface area contributed by atoms with Crippen LogP contribution in [0.25, 0.3) is 0 Å². The van der Waals surface area contributed by atoms with Crippen molar-refractivity contribution in [3.05, 3.63) is 65.5 Å². The van der Waals surface area contributed by atoms with Crippen molar-refractivity contribution in [1.29, 1.82) is 0 Å². The number of nitrogens with one attached hydrogen (secondary N) is 2. The van der Waals surface area contributed by atoms with E-state index in [0.717, 1.165) is 12.1 Å². The first-order valence-electron chi connectivity index (χ1n) is 6.77. The number of alkyl halides is 3. The molecule has 4 nitrogen and oxygen atoms in total. The molecule has 0 spiro atoms. The summed E-state index contributed by atoms with van der Waals surface area (Å²) in [5, 5.41) is 4.25. The van der Waals surface area contributed by atoms with Crippen molar-refractivity contribution in [1.82, 2.24) is 5.32 Å². The zero-order chi connectivity index (χ0) is 17.7. The quantitative estimate of drug-likeness (QED) is 0.840. The molecule has 0 atom stereocenters. The van der Waals surface area contributed by atoms with Gasteiger partial charge in [0.25, 0.3) is 5.91 Å². The largest absolute Gasteiger partial charge is 0.471 e. The molecule has 0 aromatic heterocycles. The van der Waals surface area contributed by atoms with E-state index in [2.05, 4.69) is 5.32 Å². The fourth-order valence-electron chi connectivity index (χ4n) is 1.87. The van der Waals surface area contributed by atoms with Crippen molar-refractivity contribution < 1.29 is 27.2 Å². The molecular weight excluding hydrogens is 328 g/mol. The van der Waals surface area contributed by atoms with E-state index in [1.807, 2.05) is 0 Å². The number of carbonyl (C=O) groups excluding carboxylic acids is 2. The smallest absolute Gasteiger partial charge is 0.348 e. The highest BCUT2D eigenvalue weighted by Crippen LogP contribution is 2.21. The number of halogens is 4. The number of hydrogen-bond donors (Lipinski definition) is 2. The molecule has 0 aliphatic heterocycles. The first-order valence-corrected chi connectivity index (χ1v) is 6.77. The third-order valence-electron chi connectivity index (χ3n) is 3.07. The van der Waals surface area contributed by atoms with Gasteiger partial charge in [-0.1, -0.05) is 18.2 Å². The van der Waals surface area contributed by atoms with Crippen molar-refractivity contribution in [2.75, 3.05) is 5.32 Å². The van der Waals surface area contributed by atoms with Gasteiger partial charge in [-0.25, -0.2) is 4.39 Å². The Morgan fingerprint density at radius 1 is 0.958 bits per heavy atom. The molecule has 0 radical (unpaired) electrons. The van der Waals surface area contributed by atoms with Crippen molar-refractivity contribution in [2.45, 2.75) is 12.7 Å². The van der Waals surface area contributed by atoms with Crippen molar-refractivity contribution in [3.63, 3.8) is 0 Å². The maximum atomic E-state index is 12.8. The molecule has 24 heavy (non-hydrogen) atoms. The number of carbonyl (C=O) groups is 2. The fourth-order valence-corrected chi connectivity index (χ4v) is 1.87. The molecule has 0 unspecified atom stereocenters. The summed E-state index contributed by atoms with van der Waals surface area (Å²) in [5.74, 6) is -3.11. The van der Waals surface area contributed by atoms with Gasteiger partial charge in [0.15, 0.2) is 0 Å². The minimum atomic E-state index is -5.01. The number of hydrogen-bond acceptors (Lipinski definition) is 2. The Hall–Kier alpha value is -2.90. The van der Waals surface area contributed by atoms with Crippen LogP contribution in [0.3, 0.4) is 0 Å². The molecule has 126 valence electrons. The van der Waals surface area contributed by atoms with Gasteiger partial charge in [0.1, 0.15) is 5.82 Å². The Bertz CT molecular complexity index is 742. The van der Waals surface area contributed by atoms with Crippen molar-refractivity contribution in [2.24, 2.45) is 0 Å². The zero-order valence-corrected chi connectivity index (χ0v) is 12.2. The van der Waals surface area contributed by atoms with E-state index in [1.165, 1.54) is 30.3 Å². The zero-order valence-electron chi connectivity index (χ0n) is 12.2. The van der Waals surface area contributed by atoms with E-state index in [9.17, 15) is 27.2 Å². The number of benzene rings is 2. The Morgan fingerprint density at radius 2 is 1.58 bits per heavy atom. The van der Waals surface area contributed by atoms with Gasteiger partial charge in [0, 0.05) is 17.8 Å². The van der Waals surface area contributed by atoms with Crippen LogP contribution in [-0.2, 0) is 11.3 Å². The first kappa shape index (κ1) is 17.5. The monoisotopic (exact) mass is 340 g/mol. The summed E-state index contributed by atoms with van der Waals surface area (Å²) in [7, 11) is 0. The van der Waals surface area contributed by atoms with E-state index in [1.54, 1.807) is 11.4 Å². The predicted molar refractivity (Wildman–Crippen MR) is 78.7 cm³/mol. The van der Waals surface area contributed by atoms with Gasteiger partial charge >= 0.3 is 12.1 Å². The molecular formula is C16H12F4N2O2. The second kappa shape index (κ2) is 7.12. The van der Waals surface area contributed by atoms with Gasteiger partial charge in [-0.05, 0) is 35.9 Å². The lowest BCUT2D eigenvalue weighted by molar-refractivity contribution is -0.167. The van der Waals surface area contributed by atoms with Gasteiger partial charge in [0.05, 0.1) is 0 Å². The summed E-state index contributed by atoms with van der Waals surface area (Å²) in [6, 6.07) is 10.6. The lowest BCUT2D eigenvalue weighted by Crippen LogP contribution is -2.31. The first-order chi connectivity index (χ1) is 11.3. The predicted octanol–water partition coefficient (Wildman–Crippen LogP) is 3.26. The minimum Gasteiger partial charge on any atom is -0.348 e. The van der Waals surface area contributed by atoms with Gasteiger partial charge < -0.3 is 10.6 Å². The lowest BCUT2D eigenvalue weighted by Gasteiger charge is -2.13. The van der Waals surface area contributed by atoms with E-state index in [4.69, 9.17) is 0 Å². The second-order valence-electron chi connectivity index (χ2n) is 4.80. The molecule has 2 N–H and O–H groups in total. The van der Waals surface area contributed by atoms with Crippen LogP contribution in [0.1, 0.15) is 15.9 Å². The number of para-hydroxylation sites is 1. The average molecular weight is 340 g/mol. The van der Waals surface area contributed by atoms with E-state index >= 15 is 0 Å². The van der Waals surface area contributed by atoms with Crippen LogP contribution in [-0.4, -0.2) is 18.0 Å². The van der Waals surface area contributed by atoms with Crippen LogP contribution in [0.5, 0.6) is 0 Å². The molecule has 0 saturated heterocycles. The summed E-state index contributed by atoms with van der Waals surface area (Å²) in [4.78, 5) is 22.9. The summed E-state index contributed by atoms with van der Waals surface area (Å²) in [5.41, 5.74) is 0.443. The maximum Gasteiger partial charge on any atom is 0.471 e. The molecule has 2 rings (SSSR count). The summed E-state index contributed by atoms with van der Waals surface area (Å²) < 4.78 is 49.8. The lowest BCUT2D eigenvalue weighted by atomic mass is 10.1. The summed E-state index contributed by atoms with van der Waals surface area (Å²) >= 11 is 0. The number of anilines is 1. The van der Waals surface area contributed by atoms with Crippen LogP contribution in [0.2, 0.25) is 0 Å². The minimum absolute atomic E-state index is 0.0563. The van der Waals surface area contributed by atoms with Crippen LogP contribution >= 0.6 is 0 Å². The van der Waals surface area contributed by atoms with E-state index < -0.39 is 23.8 Å². The third kappa shape index (κ3) is 4.55. The number of amides is 2. The molecule has 2 amide bonds. The standard InChI is InChI=1S/C16H12F4N2O2/c17-12-7-5-10(6-8-12)14(23)21-9-11-3-1-2-4-13(11)22-15(24)16(18,19)20/h1-8H,9H2,(H,21,23)(H,22,24). The fraction of sp³-hybridized carbons (Fsp3) is 0.125. The van der Waals surface area contributed by atoms with E-state index in [0.29, 0.717) is 5.56 Å². The summed E-state index contributed by atoms with van der Waals surface area (Å²) in [6.07, 6.45) is -5.01. The Kier molecular flexibility index (Phi) is 5.18. The Balaban J connectivity index is 2.06. The highest BCUT2D eigenvalue weighted by molar-refractivity contribution is 5.96. The van der Waals surface area contributed by atoms with Crippen LogP contribution in [0.15, 0.2) is 48.5 Å². The van der Waals surface area contributed by atoms with E-state index in [-0.39, 0.29) is 17.8 Å². The molecule has 0 aliphatic rings. The van der Waals surface area contributed by atoms with Crippen LogP contribution in [0.4, 0.5) is 23.2 Å². The molecule has 8 heteroatoms. The molecule has 2 aromatic rings. The van der Waals surface area contributed by atoms with Gasteiger partial charge in [-0.3, -0.25) is 9.59 Å². The normalized spacial score (nSPS) is 11.0. The molecule has 0 bridgehead atoms. The highest BCUT2D eigenvalue weighted by Gasteiger charge is 2.38. The van der Waals surface area contributed by atoms with Crippen molar-refractivity contribution >= 4 is 17.5 Å². The molecule has 0 fully saturated rings.